The van der Waals surface area contributed by atoms with Crippen molar-refractivity contribution in [1.82, 2.24) is 4.57 Å². The van der Waals surface area contributed by atoms with Gasteiger partial charge in [0.25, 0.3) is 0 Å². The lowest BCUT2D eigenvalue weighted by Crippen LogP contribution is -2.35. The summed E-state index contributed by atoms with van der Waals surface area (Å²) >= 11 is 0. The van der Waals surface area contributed by atoms with Crippen molar-refractivity contribution >= 4 is 33.2 Å². The van der Waals surface area contributed by atoms with E-state index in [9.17, 15) is 0 Å². The van der Waals surface area contributed by atoms with E-state index in [2.05, 4.69) is 205 Å². The number of nitrogens with zero attached hydrogens (tertiary/aromatic N) is 2. The van der Waals surface area contributed by atoms with E-state index in [0.29, 0.717) is 0 Å². The Morgan fingerprint density at radius 2 is 1.07 bits per heavy atom. The van der Waals surface area contributed by atoms with Crippen molar-refractivity contribution in [2.75, 3.05) is 4.90 Å². The maximum Gasteiger partial charge on any atom is 0.0757 e. The summed E-state index contributed by atoms with van der Waals surface area (Å²) in [6.45, 7) is 5.47. The van der Waals surface area contributed by atoms with Crippen LogP contribution in [0.25, 0.3) is 49.7 Å². The Morgan fingerprint density at radius 3 is 1.93 bits per heavy atom. The van der Waals surface area contributed by atoms with Crippen molar-refractivity contribution in [1.29, 1.82) is 0 Å². The molecule has 2 nitrogen and oxygen atoms in total. The molecule has 0 amide bonds. The van der Waals surface area contributed by atoms with E-state index >= 15 is 0 Å². The Bertz CT molecular complexity index is 3060. The topological polar surface area (TPSA) is 8.17 Å². The summed E-state index contributed by atoms with van der Waals surface area (Å²) in [5.41, 5.74) is 20.5. The zero-order chi connectivity index (χ0) is 36.5. The van der Waals surface area contributed by atoms with Gasteiger partial charge in [-0.3, -0.25) is 0 Å². The summed E-state index contributed by atoms with van der Waals surface area (Å²) in [5, 5.41) is 2.60. The summed E-state index contributed by atoms with van der Waals surface area (Å²) < 4.78 is 2.53. The van der Waals surface area contributed by atoms with Gasteiger partial charge in [-0.05, 0) is 97.6 Å². The number of hydrogen-bond donors (Lipinski definition) is 0. The molecule has 12 rings (SSSR count). The second-order valence-corrected chi connectivity index (χ2v) is 16.0. The molecule has 0 saturated heterocycles. The smallest absolute Gasteiger partial charge is 0.0757 e. The molecule has 260 valence electrons. The summed E-state index contributed by atoms with van der Waals surface area (Å²) in [6.07, 6.45) is 0. The van der Waals surface area contributed by atoms with E-state index < -0.39 is 5.41 Å². The molecule has 3 aliphatic rings. The standard InChI is InChI=1S/C53H38N2/c1-52(2)43-24-9-6-19-37(43)39-31-30-36(32-47(39)52)54(35-17-4-3-5-18-35)33-34-16-14-22-41-38-20-7-10-25-44(38)53(50(34)41)45-26-11-13-29-49(45)55-48-28-12-8-21-40(48)42-23-15-27-46(53)51(42)55/h3-32H,33H2,1-2H3. The first-order valence-electron chi connectivity index (χ1n) is 19.5. The highest BCUT2D eigenvalue weighted by molar-refractivity contribution is 6.13. The maximum atomic E-state index is 2.54. The molecular weight excluding hydrogens is 665 g/mol. The predicted octanol–water partition coefficient (Wildman–Crippen LogP) is 13.1. The minimum atomic E-state index is -0.507. The minimum absolute atomic E-state index is 0.0903. The zero-order valence-corrected chi connectivity index (χ0v) is 30.9. The number of anilines is 2. The number of benzene rings is 8. The third-order valence-electron chi connectivity index (χ3n) is 13.1. The second kappa shape index (κ2) is 11.0. The molecule has 0 radical (unpaired) electrons. The van der Waals surface area contributed by atoms with Crippen LogP contribution < -0.4 is 4.90 Å². The van der Waals surface area contributed by atoms with Gasteiger partial charge in [0.2, 0.25) is 0 Å². The van der Waals surface area contributed by atoms with Gasteiger partial charge in [-0.25, -0.2) is 0 Å². The Balaban J connectivity index is 1.13. The molecule has 1 atom stereocenters. The molecule has 0 bridgehead atoms. The number of fused-ring (bicyclic) bond motifs is 15. The fraction of sp³-hybridized carbons (Fsp3) is 0.0943. The van der Waals surface area contributed by atoms with E-state index in [1.807, 2.05) is 0 Å². The van der Waals surface area contributed by atoms with Crippen molar-refractivity contribution in [2.24, 2.45) is 0 Å². The Morgan fingerprint density at radius 1 is 0.455 bits per heavy atom. The maximum absolute atomic E-state index is 2.54. The normalized spacial score (nSPS) is 16.5. The molecular formula is C53H38N2. The van der Waals surface area contributed by atoms with Crippen molar-refractivity contribution < 1.29 is 0 Å². The van der Waals surface area contributed by atoms with Crippen LogP contribution >= 0.6 is 0 Å². The van der Waals surface area contributed by atoms with Crippen molar-refractivity contribution in [3.8, 4) is 27.9 Å². The van der Waals surface area contributed by atoms with E-state index in [4.69, 9.17) is 0 Å². The molecule has 0 N–H and O–H groups in total. The van der Waals surface area contributed by atoms with E-state index in [1.54, 1.807) is 0 Å². The molecule has 1 unspecified atom stereocenters. The van der Waals surface area contributed by atoms with Gasteiger partial charge in [0.1, 0.15) is 0 Å². The molecule has 55 heavy (non-hydrogen) atoms. The van der Waals surface area contributed by atoms with Gasteiger partial charge >= 0.3 is 0 Å². The van der Waals surface area contributed by atoms with Crippen LogP contribution in [0.3, 0.4) is 0 Å². The lowest BCUT2D eigenvalue weighted by atomic mass is 9.64. The van der Waals surface area contributed by atoms with Crippen molar-refractivity contribution in [3.05, 3.63) is 221 Å². The van der Waals surface area contributed by atoms with Gasteiger partial charge in [0.15, 0.2) is 0 Å². The SMILES string of the molecule is CC1(C)c2ccccc2-c2ccc(N(Cc3cccc4c3C3(c5ccccc5-4)c4ccccc4-n4c5ccccc5c5cccc3c54)c3ccccc3)cc21. The average Bonchev–Trinajstić information content (AvgIpc) is 3.82. The third kappa shape index (κ3) is 3.89. The highest BCUT2D eigenvalue weighted by atomic mass is 15.1. The quantitative estimate of drug-likeness (QED) is 0.177. The van der Waals surface area contributed by atoms with Crippen LogP contribution in [-0.2, 0) is 17.4 Å². The van der Waals surface area contributed by atoms with Crippen LogP contribution in [0.15, 0.2) is 182 Å². The van der Waals surface area contributed by atoms with Crippen molar-refractivity contribution in [3.63, 3.8) is 0 Å². The summed E-state index contributed by atoms with van der Waals surface area (Å²) in [7, 11) is 0. The first kappa shape index (κ1) is 30.8. The monoisotopic (exact) mass is 702 g/mol. The Labute approximate surface area is 321 Å². The molecule has 8 aromatic carbocycles. The Kier molecular flexibility index (Phi) is 6.14. The van der Waals surface area contributed by atoms with Crippen LogP contribution in [0.1, 0.15) is 52.8 Å². The minimum Gasteiger partial charge on any atom is -0.337 e. The van der Waals surface area contributed by atoms with E-state index in [0.717, 1.165) is 6.54 Å². The molecule has 1 aromatic heterocycles. The van der Waals surface area contributed by atoms with E-state index in [-0.39, 0.29) is 5.41 Å². The summed E-state index contributed by atoms with van der Waals surface area (Å²) in [4.78, 5) is 2.54. The van der Waals surface area contributed by atoms with Crippen LogP contribution in [-0.4, -0.2) is 4.57 Å². The molecule has 1 aliphatic heterocycles. The van der Waals surface area contributed by atoms with Gasteiger partial charge in [0.05, 0.1) is 22.1 Å². The fourth-order valence-corrected chi connectivity index (χ4v) is 10.8. The molecule has 2 heteroatoms. The van der Waals surface area contributed by atoms with Crippen LogP contribution in [0.2, 0.25) is 0 Å². The van der Waals surface area contributed by atoms with Gasteiger partial charge in [0, 0.05) is 34.1 Å². The van der Waals surface area contributed by atoms with E-state index in [1.165, 1.54) is 100 Å². The van der Waals surface area contributed by atoms with Crippen LogP contribution in [0, 0.1) is 0 Å². The molecule has 0 fully saturated rings. The lowest BCUT2D eigenvalue weighted by molar-refractivity contribution is 0.660. The Hall–Kier alpha value is -6.64. The third-order valence-corrected chi connectivity index (χ3v) is 13.1. The number of aromatic nitrogens is 1. The van der Waals surface area contributed by atoms with Crippen LogP contribution in [0.4, 0.5) is 11.4 Å². The first-order chi connectivity index (χ1) is 27.1. The number of rotatable bonds is 4. The van der Waals surface area contributed by atoms with Gasteiger partial charge in [-0.2, -0.15) is 0 Å². The number of hydrogen-bond acceptors (Lipinski definition) is 1. The molecule has 9 aromatic rings. The first-order valence-corrected chi connectivity index (χ1v) is 19.5. The summed E-state index contributed by atoms with van der Waals surface area (Å²) in [5.74, 6) is 0. The molecule has 0 saturated carbocycles. The highest BCUT2D eigenvalue weighted by Crippen LogP contribution is 2.62. The molecule has 2 heterocycles. The fourth-order valence-electron chi connectivity index (χ4n) is 10.8. The van der Waals surface area contributed by atoms with Gasteiger partial charge in [-0.15, -0.1) is 0 Å². The number of para-hydroxylation sites is 4. The zero-order valence-electron chi connectivity index (χ0n) is 30.9. The largest absolute Gasteiger partial charge is 0.337 e. The summed E-state index contributed by atoms with van der Waals surface area (Å²) in [6, 6.07) is 68.4. The van der Waals surface area contributed by atoms with Crippen molar-refractivity contribution in [2.45, 2.75) is 31.2 Å². The van der Waals surface area contributed by atoms with Gasteiger partial charge < -0.3 is 9.47 Å². The second-order valence-electron chi connectivity index (χ2n) is 16.0. The average molecular weight is 703 g/mol. The lowest BCUT2D eigenvalue weighted by Gasteiger charge is -2.41. The van der Waals surface area contributed by atoms with Crippen LogP contribution in [0.5, 0.6) is 0 Å². The molecule has 2 aliphatic carbocycles. The molecule has 1 spiro atoms. The predicted molar refractivity (Wildman–Crippen MR) is 228 cm³/mol. The van der Waals surface area contributed by atoms with Gasteiger partial charge in [-0.1, -0.05) is 159 Å². The highest BCUT2D eigenvalue weighted by Gasteiger charge is 2.52.